The van der Waals surface area contributed by atoms with Crippen LogP contribution in [0.25, 0.3) is 10.2 Å². The van der Waals surface area contributed by atoms with E-state index in [9.17, 15) is 9.59 Å². The topological polar surface area (TPSA) is 64.0 Å². The average Bonchev–Trinajstić information content (AvgIpc) is 2.93. The van der Waals surface area contributed by atoms with Crippen LogP contribution in [0.5, 0.6) is 0 Å². The minimum atomic E-state index is -0.215. The predicted octanol–water partition coefficient (Wildman–Crippen LogP) is 2.87. The lowest BCUT2D eigenvalue weighted by molar-refractivity contribution is -0.120. The number of thioether (sulfide) groups is 1. The number of nitrogens with one attached hydrogen (secondary N) is 1. The van der Waals surface area contributed by atoms with Crippen molar-refractivity contribution < 1.29 is 4.79 Å². The number of hydrogen-bond donors (Lipinski definition) is 1. The molecular formula is C15H21N3O2S2. The Kier molecular flexibility index (Phi) is 5.28. The fourth-order valence-corrected chi connectivity index (χ4v) is 3.59. The van der Waals surface area contributed by atoms with Crippen LogP contribution in [0.15, 0.2) is 21.4 Å². The lowest BCUT2D eigenvalue weighted by Crippen LogP contribution is -2.43. The Hall–Kier alpha value is -1.34. The van der Waals surface area contributed by atoms with Crippen LogP contribution in [0.1, 0.15) is 34.1 Å². The summed E-state index contributed by atoms with van der Waals surface area (Å²) in [5, 5.41) is 5.45. The quantitative estimate of drug-likeness (QED) is 0.649. The molecule has 1 N–H and O–H groups in total. The molecule has 22 heavy (non-hydrogen) atoms. The molecule has 0 aliphatic carbocycles. The van der Waals surface area contributed by atoms with Crippen molar-refractivity contribution in [2.24, 2.45) is 0 Å². The summed E-state index contributed by atoms with van der Waals surface area (Å²) in [5.41, 5.74) is 0.461. The zero-order valence-electron chi connectivity index (χ0n) is 13.3. The predicted molar refractivity (Wildman–Crippen MR) is 92.8 cm³/mol. The zero-order chi connectivity index (χ0) is 16.3. The molecular weight excluding hydrogens is 318 g/mol. The Morgan fingerprint density at radius 2 is 2.18 bits per heavy atom. The van der Waals surface area contributed by atoms with Gasteiger partial charge >= 0.3 is 0 Å². The summed E-state index contributed by atoms with van der Waals surface area (Å²) in [4.78, 5) is 28.9. The second-order valence-electron chi connectivity index (χ2n) is 5.65. The number of nitrogens with zero attached hydrogens (tertiary/aromatic N) is 2. The van der Waals surface area contributed by atoms with Gasteiger partial charge in [-0.15, -0.1) is 11.3 Å². The van der Waals surface area contributed by atoms with Gasteiger partial charge in [0.15, 0.2) is 5.16 Å². The van der Waals surface area contributed by atoms with Crippen molar-refractivity contribution in [2.75, 3.05) is 5.75 Å². The summed E-state index contributed by atoms with van der Waals surface area (Å²) in [6.45, 7) is 8.48. The summed E-state index contributed by atoms with van der Waals surface area (Å²) in [5.74, 6) is 0.213. The summed E-state index contributed by atoms with van der Waals surface area (Å²) in [6.07, 6.45) is 0.863. The first-order chi connectivity index (χ1) is 10.4. The van der Waals surface area contributed by atoms with E-state index in [0.29, 0.717) is 21.9 Å². The number of aromatic nitrogens is 2. The molecule has 1 amide bonds. The van der Waals surface area contributed by atoms with Crippen molar-refractivity contribution in [3.05, 3.63) is 21.8 Å². The SMILES string of the molecule is CCn1c(SCC(=O)NC(C)(C)CC)nc2ccsc2c1=O. The molecule has 0 radical (unpaired) electrons. The van der Waals surface area contributed by atoms with Crippen LogP contribution in [-0.2, 0) is 11.3 Å². The lowest BCUT2D eigenvalue weighted by atomic mass is 10.0. The van der Waals surface area contributed by atoms with Crippen molar-refractivity contribution in [2.45, 2.75) is 51.4 Å². The first-order valence-electron chi connectivity index (χ1n) is 7.29. The van der Waals surface area contributed by atoms with Crippen LogP contribution < -0.4 is 10.9 Å². The Balaban J connectivity index is 2.18. The smallest absolute Gasteiger partial charge is 0.272 e. The fraction of sp³-hybridized carbons (Fsp3) is 0.533. The van der Waals surface area contributed by atoms with Gasteiger partial charge < -0.3 is 5.32 Å². The number of carbonyl (C=O) groups excluding carboxylic acids is 1. The fourth-order valence-electron chi connectivity index (χ4n) is 1.94. The largest absolute Gasteiger partial charge is 0.351 e. The summed E-state index contributed by atoms with van der Waals surface area (Å²) < 4.78 is 2.30. The van der Waals surface area contributed by atoms with Crippen LogP contribution >= 0.6 is 23.1 Å². The minimum absolute atomic E-state index is 0.0284. The van der Waals surface area contributed by atoms with Gasteiger partial charge in [0, 0.05) is 12.1 Å². The van der Waals surface area contributed by atoms with E-state index in [1.165, 1.54) is 23.1 Å². The molecule has 0 aliphatic rings. The molecule has 7 heteroatoms. The molecule has 2 rings (SSSR count). The maximum Gasteiger partial charge on any atom is 0.272 e. The normalized spacial score (nSPS) is 11.8. The average molecular weight is 339 g/mol. The third-order valence-corrected chi connectivity index (χ3v) is 5.41. The number of rotatable bonds is 6. The van der Waals surface area contributed by atoms with Gasteiger partial charge in [0.1, 0.15) is 4.70 Å². The molecule has 0 saturated carbocycles. The third-order valence-electron chi connectivity index (χ3n) is 3.54. The molecule has 0 aromatic carbocycles. The first kappa shape index (κ1) is 17.0. The van der Waals surface area contributed by atoms with Gasteiger partial charge in [-0.25, -0.2) is 4.98 Å². The second kappa shape index (κ2) is 6.83. The van der Waals surface area contributed by atoms with E-state index in [1.807, 2.05) is 39.1 Å². The van der Waals surface area contributed by atoms with Gasteiger partial charge in [-0.05, 0) is 38.6 Å². The Bertz CT molecular complexity index is 734. The minimum Gasteiger partial charge on any atom is -0.351 e. The highest BCUT2D eigenvalue weighted by Crippen LogP contribution is 2.21. The number of fused-ring (bicyclic) bond motifs is 1. The van der Waals surface area contributed by atoms with E-state index < -0.39 is 0 Å². The molecule has 0 saturated heterocycles. The molecule has 0 spiro atoms. The molecule has 0 fully saturated rings. The monoisotopic (exact) mass is 339 g/mol. The van der Waals surface area contributed by atoms with Gasteiger partial charge in [-0.1, -0.05) is 18.7 Å². The molecule has 5 nitrogen and oxygen atoms in total. The maximum absolute atomic E-state index is 12.4. The Morgan fingerprint density at radius 3 is 2.82 bits per heavy atom. The summed E-state index contributed by atoms with van der Waals surface area (Å²) >= 11 is 2.71. The van der Waals surface area contributed by atoms with E-state index in [0.717, 1.165) is 6.42 Å². The number of hydrogen-bond acceptors (Lipinski definition) is 5. The van der Waals surface area contributed by atoms with E-state index in [2.05, 4.69) is 10.3 Å². The zero-order valence-corrected chi connectivity index (χ0v) is 14.9. The molecule has 2 aromatic heterocycles. The van der Waals surface area contributed by atoms with Crippen LogP contribution in [0.3, 0.4) is 0 Å². The van der Waals surface area contributed by atoms with Crippen molar-refractivity contribution >= 4 is 39.2 Å². The highest BCUT2D eigenvalue weighted by atomic mass is 32.2. The van der Waals surface area contributed by atoms with Crippen molar-refractivity contribution in [1.82, 2.24) is 14.9 Å². The maximum atomic E-state index is 12.4. The molecule has 120 valence electrons. The highest BCUT2D eigenvalue weighted by molar-refractivity contribution is 7.99. The van der Waals surface area contributed by atoms with Crippen molar-refractivity contribution in [3.63, 3.8) is 0 Å². The molecule has 0 unspecified atom stereocenters. The highest BCUT2D eigenvalue weighted by Gasteiger charge is 2.19. The van der Waals surface area contributed by atoms with E-state index >= 15 is 0 Å². The van der Waals surface area contributed by atoms with Crippen molar-refractivity contribution in [1.29, 1.82) is 0 Å². The van der Waals surface area contributed by atoms with Crippen LogP contribution in [0.4, 0.5) is 0 Å². The molecule has 0 atom stereocenters. The van der Waals surface area contributed by atoms with Gasteiger partial charge in [-0.3, -0.25) is 14.2 Å². The number of carbonyl (C=O) groups is 1. The van der Waals surface area contributed by atoms with Gasteiger partial charge in [0.2, 0.25) is 5.91 Å². The number of thiophene rings is 1. The molecule has 0 aliphatic heterocycles. The molecule has 2 heterocycles. The van der Waals surface area contributed by atoms with Gasteiger partial charge in [-0.2, -0.15) is 0 Å². The lowest BCUT2D eigenvalue weighted by Gasteiger charge is -2.24. The van der Waals surface area contributed by atoms with Gasteiger partial charge in [0.05, 0.1) is 11.3 Å². The van der Waals surface area contributed by atoms with Crippen LogP contribution in [0.2, 0.25) is 0 Å². The Labute approximate surface area is 138 Å². The van der Waals surface area contributed by atoms with E-state index in [-0.39, 0.29) is 22.8 Å². The van der Waals surface area contributed by atoms with E-state index in [4.69, 9.17) is 0 Å². The van der Waals surface area contributed by atoms with Crippen LogP contribution in [0, 0.1) is 0 Å². The summed E-state index contributed by atoms with van der Waals surface area (Å²) in [6, 6.07) is 1.84. The van der Waals surface area contributed by atoms with Gasteiger partial charge in [0.25, 0.3) is 5.56 Å². The summed E-state index contributed by atoms with van der Waals surface area (Å²) in [7, 11) is 0. The number of amides is 1. The van der Waals surface area contributed by atoms with Crippen LogP contribution in [-0.4, -0.2) is 26.8 Å². The molecule has 2 aromatic rings. The van der Waals surface area contributed by atoms with E-state index in [1.54, 1.807) is 4.57 Å². The third kappa shape index (κ3) is 3.70. The Morgan fingerprint density at radius 1 is 1.45 bits per heavy atom. The molecule has 0 bridgehead atoms. The van der Waals surface area contributed by atoms with Crippen molar-refractivity contribution in [3.8, 4) is 0 Å². The first-order valence-corrected chi connectivity index (χ1v) is 9.16. The second-order valence-corrected chi connectivity index (χ2v) is 7.51. The standard InChI is InChI=1S/C15H21N3O2S2/c1-5-15(3,4)17-11(19)9-22-14-16-10-7-8-21-12(10)13(20)18(14)6-2/h7-8H,5-6,9H2,1-4H3,(H,17,19).